The van der Waals surface area contributed by atoms with Crippen molar-refractivity contribution in [1.82, 2.24) is 4.90 Å². The predicted octanol–water partition coefficient (Wildman–Crippen LogP) is 3.99. The first-order chi connectivity index (χ1) is 12.1. The number of nitrogens with zero attached hydrogens (tertiary/aromatic N) is 1. The smallest absolute Gasteiger partial charge is 0.309 e. The van der Waals surface area contributed by atoms with E-state index in [0.29, 0.717) is 6.61 Å². The Kier molecular flexibility index (Phi) is 6.24. The Hall–Kier alpha value is -1.69. The second-order valence-electron chi connectivity index (χ2n) is 6.60. The molecule has 134 valence electrons. The van der Waals surface area contributed by atoms with Gasteiger partial charge in [-0.3, -0.25) is 4.79 Å². The van der Waals surface area contributed by atoms with E-state index in [1.807, 2.05) is 43.7 Å². The predicted molar refractivity (Wildman–Crippen MR) is 99.8 cm³/mol. The van der Waals surface area contributed by atoms with E-state index in [1.54, 1.807) is 11.3 Å². The number of carbonyl (C=O) groups is 1. The van der Waals surface area contributed by atoms with Crippen LogP contribution in [0.2, 0.25) is 0 Å². The largest absolute Gasteiger partial charge is 0.456 e. The quantitative estimate of drug-likeness (QED) is 0.701. The van der Waals surface area contributed by atoms with Gasteiger partial charge in [-0.2, -0.15) is 0 Å². The van der Waals surface area contributed by atoms with Crippen molar-refractivity contribution in [2.24, 2.45) is 0 Å². The highest BCUT2D eigenvalue weighted by atomic mass is 32.1. The molecule has 0 radical (unpaired) electrons. The molecule has 25 heavy (non-hydrogen) atoms. The van der Waals surface area contributed by atoms with Crippen molar-refractivity contribution in [3.8, 4) is 0 Å². The highest BCUT2D eigenvalue weighted by molar-refractivity contribution is 7.10. The number of esters is 1. The molecule has 0 saturated carbocycles. The summed E-state index contributed by atoms with van der Waals surface area (Å²) in [5.74, 6) is -0.196. The van der Waals surface area contributed by atoms with Crippen molar-refractivity contribution in [3.05, 3.63) is 57.8 Å². The van der Waals surface area contributed by atoms with Gasteiger partial charge in [-0.05, 0) is 43.1 Å². The van der Waals surface area contributed by atoms with Gasteiger partial charge in [0.15, 0.2) is 0 Å². The minimum absolute atomic E-state index is 0.186. The zero-order valence-electron chi connectivity index (χ0n) is 14.8. The summed E-state index contributed by atoms with van der Waals surface area (Å²) in [5, 5.41) is 2.02. The summed E-state index contributed by atoms with van der Waals surface area (Å²) in [6, 6.07) is 12.2. The first-order valence-electron chi connectivity index (χ1n) is 8.70. The molecule has 0 N–H and O–H groups in total. The van der Waals surface area contributed by atoms with Gasteiger partial charge in [0.1, 0.15) is 6.10 Å². The van der Waals surface area contributed by atoms with Gasteiger partial charge in [0.05, 0.1) is 19.1 Å². The lowest BCUT2D eigenvalue weighted by Crippen LogP contribution is -2.22. The molecule has 3 rings (SSSR count). The van der Waals surface area contributed by atoms with Crippen LogP contribution in [0, 0.1) is 0 Å². The van der Waals surface area contributed by atoms with E-state index in [1.165, 1.54) is 5.56 Å². The van der Waals surface area contributed by atoms with Gasteiger partial charge in [-0.1, -0.05) is 30.3 Å². The maximum absolute atomic E-state index is 12.6. The summed E-state index contributed by atoms with van der Waals surface area (Å²) in [4.78, 5) is 15.8. The maximum Gasteiger partial charge on any atom is 0.309 e. The fraction of sp³-hybridized carbons (Fsp3) is 0.450. The number of ether oxygens (including phenoxy) is 2. The molecule has 5 heteroatoms. The molecular formula is C20H25NO3S. The number of carbonyl (C=O) groups excluding carboxylic acids is 1. The molecule has 0 amide bonds. The van der Waals surface area contributed by atoms with E-state index in [4.69, 9.17) is 9.47 Å². The summed E-state index contributed by atoms with van der Waals surface area (Å²) in [7, 11) is 4.06. The maximum atomic E-state index is 12.6. The number of hydrogen-bond acceptors (Lipinski definition) is 5. The van der Waals surface area contributed by atoms with Gasteiger partial charge in [0, 0.05) is 17.8 Å². The van der Waals surface area contributed by atoms with Crippen LogP contribution in [0.3, 0.4) is 0 Å². The summed E-state index contributed by atoms with van der Waals surface area (Å²) >= 11 is 1.63. The Labute approximate surface area is 153 Å². The van der Waals surface area contributed by atoms with Crippen molar-refractivity contribution < 1.29 is 14.3 Å². The van der Waals surface area contributed by atoms with E-state index in [2.05, 4.69) is 17.0 Å². The summed E-state index contributed by atoms with van der Waals surface area (Å²) in [5.41, 5.74) is 2.39. The first kappa shape index (κ1) is 18.1. The minimum atomic E-state index is -0.199. The molecule has 0 aliphatic carbocycles. The Morgan fingerprint density at radius 3 is 2.92 bits per heavy atom. The van der Waals surface area contributed by atoms with Gasteiger partial charge < -0.3 is 14.4 Å². The van der Waals surface area contributed by atoms with Gasteiger partial charge in [0.25, 0.3) is 0 Å². The van der Waals surface area contributed by atoms with Crippen molar-refractivity contribution in [3.63, 3.8) is 0 Å². The van der Waals surface area contributed by atoms with Crippen LogP contribution in [-0.2, 0) is 20.7 Å². The number of benzene rings is 1. The molecule has 0 saturated heterocycles. The molecule has 1 aromatic heterocycles. The standard InChI is InChI=1S/C20H25NO3S/c1-21(2)11-9-17(19-8-5-13-25-19)24-20(22)14-18-16-7-4-3-6-15(16)10-12-23-18/h3-8,13,17-18H,9-12,14H2,1-2H3/t17-,18+/m0/s1. The molecule has 0 spiro atoms. The molecule has 0 bridgehead atoms. The normalized spacial score (nSPS) is 18.0. The van der Waals surface area contributed by atoms with Gasteiger partial charge >= 0.3 is 5.97 Å². The zero-order chi connectivity index (χ0) is 17.6. The average molecular weight is 359 g/mol. The van der Waals surface area contributed by atoms with Crippen LogP contribution >= 0.6 is 11.3 Å². The molecule has 0 fully saturated rings. The Balaban J connectivity index is 1.64. The number of fused-ring (bicyclic) bond motifs is 1. The van der Waals surface area contributed by atoms with Gasteiger partial charge in [-0.15, -0.1) is 11.3 Å². The third kappa shape index (κ3) is 4.91. The second-order valence-corrected chi connectivity index (χ2v) is 7.58. The van der Waals surface area contributed by atoms with E-state index < -0.39 is 0 Å². The number of thiophene rings is 1. The Morgan fingerprint density at radius 2 is 2.16 bits per heavy atom. The topological polar surface area (TPSA) is 38.8 Å². The molecule has 2 aromatic rings. The van der Waals surface area contributed by atoms with Crippen LogP contribution in [0.25, 0.3) is 0 Å². The fourth-order valence-electron chi connectivity index (χ4n) is 3.11. The van der Waals surface area contributed by atoms with Crippen LogP contribution in [0.1, 0.15) is 41.1 Å². The molecular weight excluding hydrogens is 334 g/mol. The molecule has 4 nitrogen and oxygen atoms in total. The van der Waals surface area contributed by atoms with Crippen LogP contribution < -0.4 is 0 Å². The Bertz CT molecular complexity index is 684. The molecule has 2 heterocycles. The summed E-state index contributed by atoms with van der Waals surface area (Å²) in [6.07, 6.45) is 1.58. The number of rotatable bonds is 7. The third-order valence-corrected chi connectivity index (χ3v) is 5.38. The SMILES string of the molecule is CN(C)CC[C@H](OC(=O)C[C@H]1OCCc2ccccc21)c1cccs1. The lowest BCUT2D eigenvalue weighted by Gasteiger charge is -2.26. The van der Waals surface area contributed by atoms with E-state index >= 15 is 0 Å². The number of hydrogen-bond donors (Lipinski definition) is 0. The van der Waals surface area contributed by atoms with Crippen molar-refractivity contribution in [2.45, 2.75) is 31.5 Å². The Morgan fingerprint density at radius 1 is 1.32 bits per heavy atom. The van der Waals surface area contributed by atoms with Gasteiger partial charge in [0.2, 0.25) is 0 Å². The summed E-state index contributed by atoms with van der Waals surface area (Å²) < 4.78 is 11.7. The highest BCUT2D eigenvalue weighted by Crippen LogP contribution is 2.32. The van der Waals surface area contributed by atoms with Crippen LogP contribution in [0.5, 0.6) is 0 Å². The van der Waals surface area contributed by atoms with Crippen LogP contribution in [0.15, 0.2) is 41.8 Å². The van der Waals surface area contributed by atoms with Crippen molar-refractivity contribution >= 4 is 17.3 Å². The van der Waals surface area contributed by atoms with E-state index in [9.17, 15) is 4.79 Å². The van der Waals surface area contributed by atoms with Crippen molar-refractivity contribution in [1.29, 1.82) is 0 Å². The van der Waals surface area contributed by atoms with E-state index in [0.717, 1.165) is 29.8 Å². The molecule has 1 aromatic carbocycles. The van der Waals surface area contributed by atoms with Crippen molar-refractivity contribution in [2.75, 3.05) is 27.2 Å². The molecule has 0 unspecified atom stereocenters. The van der Waals surface area contributed by atoms with Crippen LogP contribution in [-0.4, -0.2) is 38.1 Å². The average Bonchev–Trinajstić information content (AvgIpc) is 3.13. The molecule has 2 atom stereocenters. The molecule has 1 aliphatic heterocycles. The second kappa shape index (κ2) is 8.61. The highest BCUT2D eigenvalue weighted by Gasteiger charge is 2.26. The fourth-order valence-corrected chi connectivity index (χ4v) is 3.90. The first-order valence-corrected chi connectivity index (χ1v) is 9.58. The van der Waals surface area contributed by atoms with Gasteiger partial charge in [-0.25, -0.2) is 0 Å². The van der Waals surface area contributed by atoms with Crippen LogP contribution in [0.4, 0.5) is 0 Å². The lowest BCUT2D eigenvalue weighted by atomic mass is 9.96. The zero-order valence-corrected chi connectivity index (χ0v) is 15.6. The monoisotopic (exact) mass is 359 g/mol. The summed E-state index contributed by atoms with van der Waals surface area (Å²) in [6.45, 7) is 1.53. The third-order valence-electron chi connectivity index (χ3n) is 4.42. The molecule has 1 aliphatic rings. The minimum Gasteiger partial charge on any atom is -0.456 e. The lowest BCUT2D eigenvalue weighted by molar-refractivity contribution is -0.153. The van der Waals surface area contributed by atoms with E-state index in [-0.39, 0.29) is 24.6 Å².